The molecule has 94 valence electrons. The van der Waals surface area contributed by atoms with Crippen molar-refractivity contribution < 1.29 is 0 Å². The third kappa shape index (κ3) is 3.01. The first-order valence-electron chi connectivity index (χ1n) is 6.71. The number of nitrogens with zero attached hydrogens (tertiary/aromatic N) is 1. The number of hydrogen-bond acceptors (Lipinski definition) is 2. The number of aryl methyl sites for hydroxylation is 2. The van der Waals surface area contributed by atoms with E-state index in [0.717, 1.165) is 0 Å². The molecule has 1 heterocycles. The Bertz CT molecular complexity index is 373. The molecule has 0 bridgehead atoms. The molecule has 1 unspecified atom stereocenters. The highest BCUT2D eigenvalue weighted by Gasteiger charge is 2.13. The normalized spacial score (nSPS) is 16.8. The van der Waals surface area contributed by atoms with Gasteiger partial charge in [0.05, 0.1) is 0 Å². The van der Waals surface area contributed by atoms with Crippen LogP contribution < -0.4 is 10.2 Å². The third-order valence-corrected chi connectivity index (χ3v) is 3.85. The van der Waals surface area contributed by atoms with Crippen LogP contribution in [0, 0.1) is 0 Å². The molecule has 1 aromatic rings. The topological polar surface area (TPSA) is 15.3 Å². The monoisotopic (exact) mass is 232 g/mol. The number of anilines is 1. The van der Waals surface area contributed by atoms with Gasteiger partial charge in [-0.15, -0.1) is 0 Å². The highest BCUT2D eigenvalue weighted by atomic mass is 15.1. The highest BCUT2D eigenvalue weighted by molar-refractivity contribution is 5.56. The standard InChI is InChI=1S/C15H24N2/c1-12(16-2)6-7-13-8-9-15-14(11-13)5-4-10-17(15)3/h8-9,11-12,16H,4-7,10H2,1-3H3. The minimum Gasteiger partial charge on any atom is -0.374 e. The molecule has 1 N–H and O–H groups in total. The lowest BCUT2D eigenvalue weighted by atomic mass is 9.97. The molecule has 2 nitrogen and oxygen atoms in total. The first kappa shape index (κ1) is 12.4. The van der Waals surface area contributed by atoms with E-state index in [4.69, 9.17) is 0 Å². The number of fused-ring (bicyclic) bond motifs is 1. The van der Waals surface area contributed by atoms with E-state index in [0.29, 0.717) is 6.04 Å². The van der Waals surface area contributed by atoms with Gasteiger partial charge in [-0.05, 0) is 56.8 Å². The summed E-state index contributed by atoms with van der Waals surface area (Å²) in [7, 11) is 4.23. The SMILES string of the molecule is CNC(C)CCc1ccc2c(c1)CCCN2C. The molecule has 1 atom stereocenters. The lowest BCUT2D eigenvalue weighted by Crippen LogP contribution is -2.24. The van der Waals surface area contributed by atoms with Crippen molar-refractivity contribution in [3.8, 4) is 0 Å². The summed E-state index contributed by atoms with van der Waals surface area (Å²) in [4.78, 5) is 2.37. The zero-order valence-corrected chi connectivity index (χ0v) is 11.3. The summed E-state index contributed by atoms with van der Waals surface area (Å²) in [5, 5.41) is 3.30. The highest BCUT2D eigenvalue weighted by Crippen LogP contribution is 2.27. The van der Waals surface area contributed by atoms with Crippen LogP contribution in [0.2, 0.25) is 0 Å². The summed E-state index contributed by atoms with van der Waals surface area (Å²) >= 11 is 0. The fraction of sp³-hybridized carbons (Fsp3) is 0.600. The second kappa shape index (κ2) is 5.54. The third-order valence-electron chi connectivity index (χ3n) is 3.85. The predicted molar refractivity (Wildman–Crippen MR) is 74.9 cm³/mol. The van der Waals surface area contributed by atoms with E-state index in [2.05, 4.69) is 42.4 Å². The minimum atomic E-state index is 0.605. The Morgan fingerprint density at radius 3 is 3.00 bits per heavy atom. The van der Waals surface area contributed by atoms with E-state index in [1.165, 1.54) is 49.0 Å². The van der Waals surface area contributed by atoms with Crippen LogP contribution in [-0.2, 0) is 12.8 Å². The van der Waals surface area contributed by atoms with Gasteiger partial charge in [0.15, 0.2) is 0 Å². The van der Waals surface area contributed by atoms with Crippen molar-refractivity contribution in [3.05, 3.63) is 29.3 Å². The predicted octanol–water partition coefficient (Wildman–Crippen LogP) is 2.61. The molecule has 1 aliphatic rings. The van der Waals surface area contributed by atoms with Crippen LogP contribution in [0.25, 0.3) is 0 Å². The van der Waals surface area contributed by atoms with Crippen molar-refractivity contribution >= 4 is 5.69 Å². The van der Waals surface area contributed by atoms with E-state index >= 15 is 0 Å². The lowest BCUT2D eigenvalue weighted by molar-refractivity contribution is 0.565. The number of nitrogens with one attached hydrogen (secondary N) is 1. The Morgan fingerprint density at radius 2 is 2.24 bits per heavy atom. The zero-order chi connectivity index (χ0) is 12.3. The van der Waals surface area contributed by atoms with Gasteiger partial charge in [-0.2, -0.15) is 0 Å². The Hall–Kier alpha value is -1.02. The van der Waals surface area contributed by atoms with E-state index < -0.39 is 0 Å². The van der Waals surface area contributed by atoms with Crippen molar-refractivity contribution in [2.45, 2.75) is 38.6 Å². The second-order valence-electron chi connectivity index (χ2n) is 5.22. The maximum Gasteiger partial charge on any atom is 0.0396 e. The molecule has 0 fully saturated rings. The van der Waals surface area contributed by atoms with Crippen LogP contribution in [0.1, 0.15) is 30.9 Å². The summed E-state index contributed by atoms with van der Waals surface area (Å²) in [5.41, 5.74) is 4.45. The number of hydrogen-bond donors (Lipinski definition) is 1. The van der Waals surface area contributed by atoms with Gasteiger partial charge in [0.25, 0.3) is 0 Å². The first-order valence-corrected chi connectivity index (χ1v) is 6.71. The fourth-order valence-electron chi connectivity index (χ4n) is 2.52. The first-order chi connectivity index (χ1) is 8.20. The molecule has 0 amide bonds. The molecule has 0 spiro atoms. The zero-order valence-electron chi connectivity index (χ0n) is 11.3. The second-order valence-corrected chi connectivity index (χ2v) is 5.22. The van der Waals surface area contributed by atoms with Gasteiger partial charge in [0.2, 0.25) is 0 Å². The summed E-state index contributed by atoms with van der Waals surface area (Å²) in [6, 6.07) is 7.61. The van der Waals surface area contributed by atoms with Gasteiger partial charge < -0.3 is 10.2 Å². The molecule has 0 aromatic heterocycles. The average Bonchev–Trinajstić information content (AvgIpc) is 2.36. The van der Waals surface area contributed by atoms with Gasteiger partial charge in [0, 0.05) is 25.3 Å². The Balaban J connectivity index is 2.05. The van der Waals surface area contributed by atoms with Gasteiger partial charge in [-0.3, -0.25) is 0 Å². The van der Waals surface area contributed by atoms with Crippen molar-refractivity contribution in [3.63, 3.8) is 0 Å². The molecule has 2 heteroatoms. The number of benzene rings is 1. The van der Waals surface area contributed by atoms with Crippen LogP contribution in [0.4, 0.5) is 5.69 Å². The van der Waals surface area contributed by atoms with Crippen LogP contribution >= 0.6 is 0 Å². The van der Waals surface area contributed by atoms with Gasteiger partial charge in [0.1, 0.15) is 0 Å². The molecule has 0 aliphatic carbocycles. The van der Waals surface area contributed by atoms with Crippen molar-refractivity contribution in [2.75, 3.05) is 25.5 Å². The van der Waals surface area contributed by atoms with Crippen LogP contribution in [0.5, 0.6) is 0 Å². The molecule has 0 radical (unpaired) electrons. The van der Waals surface area contributed by atoms with Crippen molar-refractivity contribution in [2.24, 2.45) is 0 Å². The Kier molecular flexibility index (Phi) is 4.06. The van der Waals surface area contributed by atoms with Crippen molar-refractivity contribution in [1.29, 1.82) is 0 Å². The molecule has 1 aliphatic heterocycles. The number of rotatable bonds is 4. The summed E-state index contributed by atoms with van der Waals surface area (Å²) < 4.78 is 0. The summed E-state index contributed by atoms with van der Waals surface area (Å²) in [6.45, 7) is 3.44. The van der Waals surface area contributed by atoms with E-state index in [9.17, 15) is 0 Å². The molecule has 2 rings (SSSR count). The quantitative estimate of drug-likeness (QED) is 0.858. The molecule has 1 aromatic carbocycles. The van der Waals surface area contributed by atoms with Crippen LogP contribution in [-0.4, -0.2) is 26.7 Å². The lowest BCUT2D eigenvalue weighted by Gasteiger charge is -2.28. The largest absolute Gasteiger partial charge is 0.374 e. The van der Waals surface area contributed by atoms with E-state index in [-0.39, 0.29) is 0 Å². The molecule has 0 saturated heterocycles. The van der Waals surface area contributed by atoms with Gasteiger partial charge in [-0.25, -0.2) is 0 Å². The smallest absolute Gasteiger partial charge is 0.0396 e. The van der Waals surface area contributed by atoms with Crippen LogP contribution in [0.15, 0.2) is 18.2 Å². The van der Waals surface area contributed by atoms with E-state index in [1.807, 2.05) is 7.05 Å². The Labute approximate surface area is 105 Å². The molecular weight excluding hydrogens is 208 g/mol. The molecule has 17 heavy (non-hydrogen) atoms. The van der Waals surface area contributed by atoms with E-state index in [1.54, 1.807) is 0 Å². The Morgan fingerprint density at radius 1 is 1.41 bits per heavy atom. The van der Waals surface area contributed by atoms with Gasteiger partial charge >= 0.3 is 0 Å². The fourth-order valence-corrected chi connectivity index (χ4v) is 2.52. The van der Waals surface area contributed by atoms with Crippen LogP contribution in [0.3, 0.4) is 0 Å². The van der Waals surface area contributed by atoms with Gasteiger partial charge in [-0.1, -0.05) is 12.1 Å². The van der Waals surface area contributed by atoms with Crippen molar-refractivity contribution in [1.82, 2.24) is 5.32 Å². The summed E-state index contributed by atoms with van der Waals surface area (Å²) in [5.74, 6) is 0. The maximum atomic E-state index is 3.30. The maximum absolute atomic E-state index is 3.30. The molecule has 0 saturated carbocycles. The summed E-state index contributed by atoms with van der Waals surface area (Å²) in [6.07, 6.45) is 4.93. The molecular formula is C15H24N2. The minimum absolute atomic E-state index is 0.605. The average molecular weight is 232 g/mol.